The number of hydrogen-bond acceptors (Lipinski definition) is 1. The standard InChI is InChI=1S/C14H14F2N2/c15-14(16)7-11(8-14)6-12-9-18(10-17-12)13-4-2-1-3-5-13/h1-5,9-11H,6-8H2. The number of para-hydroxylation sites is 1. The zero-order valence-corrected chi connectivity index (χ0v) is 9.89. The number of hydrogen-bond donors (Lipinski definition) is 0. The molecule has 1 heterocycles. The molecular formula is C14H14F2N2. The van der Waals surface area contributed by atoms with Crippen molar-refractivity contribution in [3.63, 3.8) is 0 Å². The molecule has 4 heteroatoms. The van der Waals surface area contributed by atoms with E-state index in [1.807, 2.05) is 41.1 Å². The summed E-state index contributed by atoms with van der Waals surface area (Å²) in [6.07, 6.45) is 4.32. The SMILES string of the molecule is FC1(F)CC(Cc2cn(-c3ccccc3)cn2)C1. The first kappa shape index (κ1) is 11.4. The number of nitrogens with zero attached hydrogens (tertiary/aromatic N) is 2. The molecule has 1 fully saturated rings. The third-order valence-electron chi connectivity index (χ3n) is 3.36. The van der Waals surface area contributed by atoms with E-state index >= 15 is 0 Å². The minimum Gasteiger partial charge on any atom is -0.306 e. The topological polar surface area (TPSA) is 17.8 Å². The zero-order valence-electron chi connectivity index (χ0n) is 9.89. The average Bonchev–Trinajstić information content (AvgIpc) is 2.76. The molecule has 2 nitrogen and oxygen atoms in total. The fourth-order valence-electron chi connectivity index (χ4n) is 2.44. The Morgan fingerprint density at radius 1 is 1.22 bits per heavy atom. The van der Waals surface area contributed by atoms with Crippen molar-refractivity contribution in [2.75, 3.05) is 0 Å². The summed E-state index contributed by atoms with van der Waals surface area (Å²) in [6.45, 7) is 0. The summed E-state index contributed by atoms with van der Waals surface area (Å²) >= 11 is 0. The van der Waals surface area contributed by atoms with Gasteiger partial charge in [0, 0.05) is 24.7 Å². The summed E-state index contributed by atoms with van der Waals surface area (Å²) in [5, 5.41) is 0. The quantitative estimate of drug-likeness (QED) is 0.813. The van der Waals surface area contributed by atoms with E-state index in [4.69, 9.17) is 0 Å². The fourth-order valence-corrected chi connectivity index (χ4v) is 2.44. The summed E-state index contributed by atoms with van der Waals surface area (Å²) in [5.41, 5.74) is 1.93. The molecule has 0 amide bonds. The normalized spacial score (nSPS) is 18.6. The molecule has 2 aromatic rings. The van der Waals surface area contributed by atoms with Crippen molar-refractivity contribution >= 4 is 0 Å². The average molecular weight is 248 g/mol. The maximum absolute atomic E-state index is 12.7. The minimum absolute atomic E-state index is 0.00516. The highest BCUT2D eigenvalue weighted by Crippen LogP contribution is 2.43. The van der Waals surface area contributed by atoms with Gasteiger partial charge in [-0.2, -0.15) is 0 Å². The Morgan fingerprint density at radius 2 is 1.94 bits per heavy atom. The van der Waals surface area contributed by atoms with Gasteiger partial charge in [0.2, 0.25) is 5.92 Å². The molecule has 0 unspecified atom stereocenters. The molecule has 94 valence electrons. The molecule has 0 N–H and O–H groups in total. The van der Waals surface area contributed by atoms with Gasteiger partial charge in [-0.05, 0) is 24.5 Å². The third kappa shape index (κ3) is 2.28. The fraction of sp³-hybridized carbons (Fsp3) is 0.357. The van der Waals surface area contributed by atoms with Gasteiger partial charge in [0.05, 0.1) is 12.0 Å². The highest BCUT2D eigenvalue weighted by molar-refractivity contribution is 5.31. The van der Waals surface area contributed by atoms with Gasteiger partial charge in [-0.1, -0.05) is 18.2 Å². The molecule has 1 aromatic carbocycles. The Labute approximate surface area is 104 Å². The van der Waals surface area contributed by atoms with E-state index in [-0.39, 0.29) is 18.8 Å². The number of benzene rings is 1. The first-order valence-electron chi connectivity index (χ1n) is 6.08. The minimum atomic E-state index is -2.44. The third-order valence-corrected chi connectivity index (χ3v) is 3.36. The molecule has 0 radical (unpaired) electrons. The monoisotopic (exact) mass is 248 g/mol. The molecule has 0 aliphatic heterocycles. The number of aromatic nitrogens is 2. The van der Waals surface area contributed by atoms with Crippen molar-refractivity contribution in [3.8, 4) is 5.69 Å². The van der Waals surface area contributed by atoms with Crippen LogP contribution < -0.4 is 0 Å². The van der Waals surface area contributed by atoms with E-state index in [0.717, 1.165) is 11.4 Å². The predicted octanol–water partition coefficient (Wildman–Crippen LogP) is 3.46. The van der Waals surface area contributed by atoms with Crippen LogP contribution in [-0.2, 0) is 6.42 Å². The molecule has 0 spiro atoms. The lowest BCUT2D eigenvalue weighted by Gasteiger charge is -2.34. The van der Waals surface area contributed by atoms with Crippen molar-refractivity contribution < 1.29 is 8.78 Å². The lowest BCUT2D eigenvalue weighted by atomic mass is 9.78. The Balaban J connectivity index is 1.68. The lowest BCUT2D eigenvalue weighted by molar-refractivity contribution is -0.109. The zero-order chi connectivity index (χ0) is 12.6. The molecule has 1 aliphatic carbocycles. The van der Waals surface area contributed by atoms with Crippen LogP contribution in [0.3, 0.4) is 0 Å². The number of rotatable bonds is 3. The van der Waals surface area contributed by atoms with Crippen LogP contribution in [-0.4, -0.2) is 15.5 Å². The van der Waals surface area contributed by atoms with Gasteiger partial charge < -0.3 is 4.57 Å². The Morgan fingerprint density at radius 3 is 2.61 bits per heavy atom. The summed E-state index contributed by atoms with van der Waals surface area (Å²) in [5.74, 6) is -2.36. The van der Waals surface area contributed by atoms with Crippen LogP contribution in [0.4, 0.5) is 8.78 Å². The second-order valence-electron chi connectivity index (χ2n) is 4.94. The van der Waals surface area contributed by atoms with Gasteiger partial charge in [-0.3, -0.25) is 0 Å². The van der Waals surface area contributed by atoms with Crippen LogP contribution in [0.25, 0.3) is 5.69 Å². The van der Waals surface area contributed by atoms with Crippen LogP contribution in [0, 0.1) is 5.92 Å². The van der Waals surface area contributed by atoms with E-state index in [2.05, 4.69) is 4.98 Å². The van der Waals surface area contributed by atoms with Crippen LogP contribution >= 0.6 is 0 Å². The Kier molecular flexibility index (Phi) is 2.65. The van der Waals surface area contributed by atoms with E-state index in [1.165, 1.54) is 0 Å². The molecular weight excluding hydrogens is 234 g/mol. The maximum Gasteiger partial charge on any atom is 0.248 e. The van der Waals surface area contributed by atoms with Crippen molar-refractivity contribution in [1.82, 2.24) is 9.55 Å². The number of halogens is 2. The molecule has 1 saturated carbocycles. The van der Waals surface area contributed by atoms with Gasteiger partial charge in [0.25, 0.3) is 0 Å². The van der Waals surface area contributed by atoms with Gasteiger partial charge in [0.1, 0.15) is 0 Å². The number of alkyl halides is 2. The smallest absolute Gasteiger partial charge is 0.248 e. The van der Waals surface area contributed by atoms with Crippen molar-refractivity contribution in [2.24, 2.45) is 5.92 Å². The first-order chi connectivity index (χ1) is 8.62. The maximum atomic E-state index is 12.7. The first-order valence-corrected chi connectivity index (χ1v) is 6.08. The van der Waals surface area contributed by atoms with Crippen molar-refractivity contribution in [3.05, 3.63) is 48.5 Å². The molecule has 0 atom stereocenters. The highest BCUT2D eigenvalue weighted by Gasteiger charge is 2.45. The van der Waals surface area contributed by atoms with Crippen LogP contribution in [0.5, 0.6) is 0 Å². The van der Waals surface area contributed by atoms with Gasteiger partial charge >= 0.3 is 0 Å². The summed E-state index contributed by atoms with van der Waals surface area (Å²) in [7, 11) is 0. The largest absolute Gasteiger partial charge is 0.306 e. The molecule has 1 aromatic heterocycles. The molecule has 0 saturated heterocycles. The van der Waals surface area contributed by atoms with Crippen LogP contribution in [0.15, 0.2) is 42.9 Å². The Hall–Kier alpha value is -1.71. The summed E-state index contributed by atoms with van der Waals surface area (Å²) in [4.78, 5) is 4.28. The van der Waals surface area contributed by atoms with Crippen LogP contribution in [0.2, 0.25) is 0 Å². The van der Waals surface area contributed by atoms with Gasteiger partial charge in [-0.15, -0.1) is 0 Å². The second-order valence-corrected chi connectivity index (χ2v) is 4.94. The molecule has 0 bridgehead atoms. The predicted molar refractivity (Wildman–Crippen MR) is 64.9 cm³/mol. The van der Waals surface area contributed by atoms with Crippen molar-refractivity contribution in [1.29, 1.82) is 0 Å². The van der Waals surface area contributed by atoms with E-state index < -0.39 is 5.92 Å². The molecule has 3 rings (SSSR count). The van der Waals surface area contributed by atoms with Gasteiger partial charge in [0.15, 0.2) is 0 Å². The van der Waals surface area contributed by atoms with E-state index in [0.29, 0.717) is 6.42 Å². The summed E-state index contributed by atoms with van der Waals surface area (Å²) in [6, 6.07) is 9.85. The van der Waals surface area contributed by atoms with Crippen molar-refractivity contribution in [2.45, 2.75) is 25.2 Å². The van der Waals surface area contributed by atoms with E-state index in [9.17, 15) is 8.78 Å². The highest BCUT2D eigenvalue weighted by atomic mass is 19.3. The number of imidazole rings is 1. The van der Waals surface area contributed by atoms with Gasteiger partial charge in [-0.25, -0.2) is 13.8 Å². The lowest BCUT2D eigenvalue weighted by Crippen LogP contribution is -2.36. The summed E-state index contributed by atoms with van der Waals surface area (Å²) < 4.78 is 27.4. The molecule has 18 heavy (non-hydrogen) atoms. The van der Waals surface area contributed by atoms with E-state index in [1.54, 1.807) is 6.33 Å². The second kappa shape index (κ2) is 4.19. The molecule has 1 aliphatic rings. The van der Waals surface area contributed by atoms with Crippen LogP contribution in [0.1, 0.15) is 18.5 Å². The Bertz CT molecular complexity index is 526.